The van der Waals surface area contributed by atoms with Crippen molar-refractivity contribution in [1.29, 1.82) is 0 Å². The number of nitrogens with two attached hydrogens (primary N) is 1. The summed E-state index contributed by atoms with van der Waals surface area (Å²) in [6, 6.07) is 0.203. The number of rotatable bonds is 4. The summed E-state index contributed by atoms with van der Waals surface area (Å²) < 4.78 is 0. The van der Waals surface area contributed by atoms with Crippen LogP contribution >= 0.6 is 0 Å². The molecule has 0 bridgehead atoms. The average Bonchev–Trinajstić information content (AvgIpc) is 2.60. The van der Waals surface area contributed by atoms with Crippen LogP contribution in [0.3, 0.4) is 0 Å². The van der Waals surface area contributed by atoms with E-state index in [4.69, 9.17) is 5.73 Å². The monoisotopic (exact) mass is 224 g/mol. The van der Waals surface area contributed by atoms with Crippen LogP contribution in [-0.4, -0.2) is 33.6 Å². The van der Waals surface area contributed by atoms with Gasteiger partial charge in [-0.3, -0.25) is 9.89 Å². The fourth-order valence-electron chi connectivity index (χ4n) is 1.61. The molecule has 1 amide bonds. The lowest BCUT2D eigenvalue weighted by molar-refractivity contribution is 0.0695. The quantitative estimate of drug-likeness (QED) is 0.815. The van der Waals surface area contributed by atoms with Crippen molar-refractivity contribution in [3.05, 3.63) is 11.4 Å². The zero-order chi connectivity index (χ0) is 12.3. The molecule has 3 N–H and O–H groups in total. The molecule has 0 saturated heterocycles. The minimum Gasteiger partial charge on any atom is -0.395 e. The largest absolute Gasteiger partial charge is 0.395 e. The molecule has 1 aromatic heterocycles. The molecule has 0 aliphatic rings. The molecule has 0 spiro atoms. The van der Waals surface area contributed by atoms with Crippen molar-refractivity contribution < 1.29 is 4.79 Å². The second-order valence-electron chi connectivity index (χ2n) is 3.96. The van der Waals surface area contributed by atoms with Crippen molar-refractivity contribution in [3.8, 4) is 0 Å². The normalized spacial score (nSPS) is 12.5. The molecule has 1 rings (SSSR count). The molecule has 0 aromatic carbocycles. The number of nitrogens with zero attached hydrogens (tertiary/aromatic N) is 2. The van der Waals surface area contributed by atoms with Crippen LogP contribution in [-0.2, 0) is 0 Å². The third-order valence-corrected chi connectivity index (χ3v) is 2.92. The molecule has 0 aliphatic heterocycles. The number of hydrogen-bond donors (Lipinski definition) is 2. The smallest absolute Gasteiger partial charge is 0.276 e. The van der Waals surface area contributed by atoms with E-state index < -0.39 is 0 Å². The van der Waals surface area contributed by atoms with Crippen LogP contribution in [0.2, 0.25) is 0 Å². The number of carbonyl (C=O) groups excluding carboxylic acids is 1. The number of nitrogens with one attached hydrogen (secondary N) is 1. The highest BCUT2D eigenvalue weighted by Crippen LogP contribution is 2.16. The van der Waals surface area contributed by atoms with Crippen molar-refractivity contribution in [2.75, 3.05) is 12.3 Å². The summed E-state index contributed by atoms with van der Waals surface area (Å²) in [6.07, 6.45) is 0.920. The van der Waals surface area contributed by atoms with Crippen molar-refractivity contribution in [2.24, 2.45) is 0 Å². The van der Waals surface area contributed by atoms with E-state index in [1.54, 1.807) is 11.8 Å². The molecule has 1 aromatic rings. The van der Waals surface area contributed by atoms with Crippen LogP contribution in [0.1, 0.15) is 43.4 Å². The van der Waals surface area contributed by atoms with Crippen LogP contribution in [0.5, 0.6) is 0 Å². The summed E-state index contributed by atoms with van der Waals surface area (Å²) in [5, 5.41) is 6.69. The molecule has 1 unspecified atom stereocenters. The summed E-state index contributed by atoms with van der Waals surface area (Å²) in [7, 11) is 0. The van der Waals surface area contributed by atoms with Gasteiger partial charge in [-0.25, -0.2) is 0 Å². The molecule has 5 nitrogen and oxygen atoms in total. The maximum Gasteiger partial charge on any atom is 0.276 e. The summed E-state index contributed by atoms with van der Waals surface area (Å²) in [6.45, 7) is 8.51. The first-order valence-corrected chi connectivity index (χ1v) is 5.64. The molecule has 0 saturated carbocycles. The van der Waals surface area contributed by atoms with Gasteiger partial charge in [-0.2, -0.15) is 5.10 Å². The number of aromatic nitrogens is 2. The fourth-order valence-corrected chi connectivity index (χ4v) is 1.61. The van der Waals surface area contributed by atoms with Crippen LogP contribution in [0.4, 0.5) is 5.69 Å². The second-order valence-corrected chi connectivity index (χ2v) is 3.96. The van der Waals surface area contributed by atoms with Gasteiger partial charge in [0.2, 0.25) is 0 Å². The van der Waals surface area contributed by atoms with Crippen molar-refractivity contribution in [3.63, 3.8) is 0 Å². The Morgan fingerprint density at radius 2 is 2.19 bits per heavy atom. The van der Waals surface area contributed by atoms with E-state index >= 15 is 0 Å². The number of nitrogen functional groups attached to an aromatic ring is 1. The van der Waals surface area contributed by atoms with E-state index in [2.05, 4.69) is 17.1 Å². The van der Waals surface area contributed by atoms with E-state index in [1.807, 2.05) is 13.8 Å². The third kappa shape index (κ3) is 2.18. The summed E-state index contributed by atoms with van der Waals surface area (Å²) in [5.74, 6) is -0.0984. The first-order valence-electron chi connectivity index (χ1n) is 5.64. The van der Waals surface area contributed by atoms with Crippen LogP contribution < -0.4 is 5.73 Å². The van der Waals surface area contributed by atoms with Crippen LogP contribution in [0.15, 0.2) is 0 Å². The molecule has 5 heteroatoms. The van der Waals surface area contributed by atoms with Crippen LogP contribution in [0.25, 0.3) is 0 Å². The molecule has 16 heavy (non-hydrogen) atoms. The van der Waals surface area contributed by atoms with Gasteiger partial charge in [0.05, 0.1) is 11.4 Å². The maximum absolute atomic E-state index is 12.2. The number of amides is 1. The first kappa shape index (κ1) is 12.5. The molecule has 90 valence electrons. The Morgan fingerprint density at radius 1 is 1.56 bits per heavy atom. The van der Waals surface area contributed by atoms with Gasteiger partial charge in [-0.05, 0) is 27.2 Å². The number of hydrogen-bond acceptors (Lipinski definition) is 3. The summed E-state index contributed by atoms with van der Waals surface area (Å²) in [5.41, 5.74) is 7.32. The van der Waals surface area contributed by atoms with Crippen molar-refractivity contribution in [2.45, 2.75) is 40.2 Å². The third-order valence-electron chi connectivity index (χ3n) is 2.92. The maximum atomic E-state index is 12.2. The van der Waals surface area contributed by atoms with Gasteiger partial charge in [0.1, 0.15) is 0 Å². The number of carbonyl (C=O) groups is 1. The van der Waals surface area contributed by atoms with Gasteiger partial charge in [-0.15, -0.1) is 0 Å². The minimum absolute atomic E-state index is 0.0984. The predicted octanol–water partition coefficient (Wildman–Crippen LogP) is 1.56. The van der Waals surface area contributed by atoms with Gasteiger partial charge in [-0.1, -0.05) is 6.92 Å². The summed E-state index contributed by atoms with van der Waals surface area (Å²) in [4.78, 5) is 14.0. The zero-order valence-electron chi connectivity index (χ0n) is 10.4. The van der Waals surface area contributed by atoms with E-state index in [-0.39, 0.29) is 11.9 Å². The molecule has 0 radical (unpaired) electrons. The Kier molecular flexibility index (Phi) is 3.93. The molecule has 0 aliphatic carbocycles. The lowest BCUT2D eigenvalue weighted by Gasteiger charge is -2.26. The van der Waals surface area contributed by atoms with Crippen molar-refractivity contribution >= 4 is 11.6 Å². The molecule has 1 atom stereocenters. The van der Waals surface area contributed by atoms with E-state index in [0.717, 1.165) is 12.1 Å². The van der Waals surface area contributed by atoms with E-state index in [1.165, 1.54) is 0 Å². The highest BCUT2D eigenvalue weighted by Gasteiger charge is 2.23. The highest BCUT2D eigenvalue weighted by atomic mass is 16.2. The minimum atomic E-state index is -0.0984. The number of H-pyrrole nitrogens is 1. The predicted molar refractivity (Wildman–Crippen MR) is 64.2 cm³/mol. The van der Waals surface area contributed by atoms with E-state index in [0.29, 0.717) is 17.9 Å². The molecular weight excluding hydrogens is 204 g/mol. The number of aromatic amines is 1. The standard InChI is InChI=1S/C11H20N4O/c1-5-7(3)15(6-2)11(16)10-9(12)8(4)13-14-10/h7H,5-6,12H2,1-4H3,(H,13,14). The second kappa shape index (κ2) is 5.01. The average molecular weight is 224 g/mol. The Balaban J connectivity index is 2.96. The fraction of sp³-hybridized carbons (Fsp3) is 0.636. The zero-order valence-corrected chi connectivity index (χ0v) is 10.4. The lowest BCUT2D eigenvalue weighted by Crippen LogP contribution is -2.38. The molecular formula is C11H20N4O. The first-order chi connectivity index (χ1) is 7.52. The number of aryl methyl sites for hydroxylation is 1. The highest BCUT2D eigenvalue weighted by molar-refractivity contribution is 5.97. The Hall–Kier alpha value is -1.52. The van der Waals surface area contributed by atoms with Gasteiger partial charge >= 0.3 is 0 Å². The molecule has 1 heterocycles. The van der Waals surface area contributed by atoms with Gasteiger partial charge in [0, 0.05) is 12.6 Å². The SMILES string of the molecule is CCC(C)N(CC)C(=O)c1n[nH]c(C)c1N. The Labute approximate surface area is 96.0 Å². The lowest BCUT2D eigenvalue weighted by atomic mass is 10.2. The van der Waals surface area contributed by atoms with Crippen molar-refractivity contribution in [1.82, 2.24) is 15.1 Å². The van der Waals surface area contributed by atoms with E-state index in [9.17, 15) is 4.79 Å². The number of anilines is 1. The van der Waals surface area contributed by atoms with Crippen LogP contribution in [0, 0.1) is 6.92 Å². The Morgan fingerprint density at radius 3 is 2.56 bits per heavy atom. The topological polar surface area (TPSA) is 75.0 Å². The Bertz CT molecular complexity index is 372. The van der Waals surface area contributed by atoms with Gasteiger partial charge < -0.3 is 10.6 Å². The van der Waals surface area contributed by atoms with Gasteiger partial charge in [0.25, 0.3) is 5.91 Å². The molecule has 0 fully saturated rings. The van der Waals surface area contributed by atoms with Gasteiger partial charge in [0.15, 0.2) is 5.69 Å². The summed E-state index contributed by atoms with van der Waals surface area (Å²) >= 11 is 0.